The molecule has 4 heterocycles. The standard InChI is InChI=1S/C42H22N4/c1-2-9-24-21-36-32(20-23(24)8-1)38-41-30(22-31-26-11-4-6-15-34(26)46(36)42(31)38)25-10-3-5-14-33(25)45(41)35-17-16-29-37-27(35)12-7-13-28(37)39-40(29)44-19-18-43-39/h1-22H. The average molecular weight is 583 g/mol. The van der Waals surface area contributed by atoms with E-state index in [9.17, 15) is 0 Å². The first-order chi connectivity index (χ1) is 22.8. The van der Waals surface area contributed by atoms with Gasteiger partial charge in [0.15, 0.2) is 0 Å². The first kappa shape index (κ1) is 23.2. The fraction of sp³-hybridized carbons (Fsp3) is 0. The molecule has 0 saturated heterocycles. The lowest BCUT2D eigenvalue weighted by molar-refractivity contribution is 1.20. The number of benzene rings is 7. The third-order valence-electron chi connectivity index (χ3n) is 10.4. The van der Waals surface area contributed by atoms with Gasteiger partial charge in [-0.25, -0.2) is 0 Å². The van der Waals surface area contributed by atoms with Crippen LogP contribution in [0.5, 0.6) is 0 Å². The second kappa shape index (κ2) is 7.87. The molecule has 7 aromatic carbocycles. The molecule has 0 atom stereocenters. The van der Waals surface area contributed by atoms with Crippen molar-refractivity contribution in [1.29, 1.82) is 0 Å². The largest absolute Gasteiger partial charge is 0.308 e. The molecule has 0 unspecified atom stereocenters. The number of hydrogen-bond donors (Lipinski definition) is 0. The van der Waals surface area contributed by atoms with Crippen LogP contribution < -0.4 is 0 Å². The first-order valence-corrected chi connectivity index (χ1v) is 15.8. The molecule has 4 nitrogen and oxygen atoms in total. The van der Waals surface area contributed by atoms with Gasteiger partial charge >= 0.3 is 0 Å². The zero-order chi connectivity index (χ0) is 29.7. The van der Waals surface area contributed by atoms with E-state index in [1.54, 1.807) is 12.4 Å². The molecule has 1 aliphatic carbocycles. The second-order valence-electron chi connectivity index (χ2n) is 12.6. The maximum absolute atomic E-state index is 4.76. The van der Waals surface area contributed by atoms with Gasteiger partial charge in [-0.05, 0) is 53.2 Å². The Morgan fingerprint density at radius 3 is 1.89 bits per heavy atom. The quantitative estimate of drug-likeness (QED) is 0.193. The molecule has 0 bridgehead atoms. The zero-order valence-electron chi connectivity index (χ0n) is 24.5. The van der Waals surface area contributed by atoms with E-state index < -0.39 is 0 Å². The molecule has 0 radical (unpaired) electrons. The summed E-state index contributed by atoms with van der Waals surface area (Å²) in [5.41, 5.74) is 11.7. The van der Waals surface area contributed by atoms with Gasteiger partial charge in [-0.15, -0.1) is 0 Å². The van der Waals surface area contributed by atoms with Crippen LogP contribution in [0.25, 0.3) is 110 Å². The van der Waals surface area contributed by atoms with Crippen molar-refractivity contribution in [2.45, 2.75) is 0 Å². The zero-order valence-corrected chi connectivity index (χ0v) is 24.5. The molecule has 46 heavy (non-hydrogen) atoms. The molecule has 0 amide bonds. The Balaban J connectivity index is 1.35. The summed E-state index contributed by atoms with van der Waals surface area (Å²) in [5, 5.41) is 12.7. The van der Waals surface area contributed by atoms with E-state index in [-0.39, 0.29) is 0 Å². The van der Waals surface area contributed by atoms with Crippen LogP contribution in [-0.2, 0) is 0 Å². The lowest BCUT2D eigenvalue weighted by atomic mass is 10.0. The minimum Gasteiger partial charge on any atom is -0.308 e. The van der Waals surface area contributed by atoms with E-state index >= 15 is 0 Å². The van der Waals surface area contributed by atoms with Gasteiger partial charge in [0, 0.05) is 66.6 Å². The topological polar surface area (TPSA) is 35.1 Å². The number of fused-ring (bicyclic) bond motifs is 14. The molecule has 4 aromatic heterocycles. The molecule has 0 N–H and O–H groups in total. The van der Waals surface area contributed by atoms with Crippen LogP contribution in [0, 0.1) is 0 Å². The average Bonchev–Trinajstić information content (AvgIpc) is 3.82. The van der Waals surface area contributed by atoms with Crippen LogP contribution in [0.3, 0.4) is 0 Å². The van der Waals surface area contributed by atoms with E-state index in [0.29, 0.717) is 0 Å². The summed E-state index contributed by atoms with van der Waals surface area (Å²) >= 11 is 0. The van der Waals surface area contributed by atoms with Crippen LogP contribution >= 0.6 is 0 Å². The summed E-state index contributed by atoms with van der Waals surface area (Å²) < 4.78 is 5.03. The molecule has 0 fully saturated rings. The number of aromatic nitrogens is 4. The predicted molar refractivity (Wildman–Crippen MR) is 190 cm³/mol. The van der Waals surface area contributed by atoms with Crippen molar-refractivity contribution < 1.29 is 0 Å². The summed E-state index contributed by atoms with van der Waals surface area (Å²) in [6, 6.07) is 44.9. The van der Waals surface area contributed by atoms with Gasteiger partial charge in [0.1, 0.15) is 0 Å². The third-order valence-corrected chi connectivity index (χ3v) is 10.4. The predicted octanol–water partition coefficient (Wildman–Crippen LogP) is 10.7. The van der Waals surface area contributed by atoms with Crippen molar-refractivity contribution in [3.05, 3.63) is 134 Å². The fourth-order valence-electron chi connectivity index (χ4n) is 8.65. The van der Waals surface area contributed by atoms with Gasteiger partial charge in [0.05, 0.1) is 44.7 Å². The molecule has 0 saturated carbocycles. The van der Waals surface area contributed by atoms with Gasteiger partial charge < -0.3 is 8.97 Å². The van der Waals surface area contributed by atoms with Crippen LogP contribution in [0.2, 0.25) is 0 Å². The Hall–Kier alpha value is -6.26. The molecule has 4 heteroatoms. The number of hydrogen-bond acceptors (Lipinski definition) is 2. The Labute approximate surface area is 261 Å². The summed E-state index contributed by atoms with van der Waals surface area (Å²) in [6.07, 6.45) is 3.59. The van der Waals surface area contributed by atoms with E-state index in [1.807, 2.05) is 0 Å². The van der Waals surface area contributed by atoms with Gasteiger partial charge in [0.25, 0.3) is 0 Å². The van der Waals surface area contributed by atoms with E-state index in [2.05, 4.69) is 130 Å². The van der Waals surface area contributed by atoms with E-state index in [1.165, 1.54) is 87.1 Å². The highest BCUT2D eigenvalue weighted by Crippen LogP contribution is 2.50. The first-order valence-electron chi connectivity index (χ1n) is 15.8. The Bertz CT molecular complexity index is 3110. The minimum absolute atomic E-state index is 0.966. The highest BCUT2D eigenvalue weighted by atomic mass is 15.0. The monoisotopic (exact) mass is 582 g/mol. The summed E-state index contributed by atoms with van der Waals surface area (Å²) in [5.74, 6) is 0. The highest BCUT2D eigenvalue weighted by molar-refractivity contribution is 6.35. The van der Waals surface area contributed by atoms with Crippen molar-refractivity contribution >= 4 is 81.4 Å². The van der Waals surface area contributed by atoms with Gasteiger partial charge in [-0.2, -0.15) is 0 Å². The van der Waals surface area contributed by atoms with Crippen LogP contribution in [0.15, 0.2) is 134 Å². The molecule has 0 spiro atoms. The fourth-order valence-corrected chi connectivity index (χ4v) is 8.65. The van der Waals surface area contributed by atoms with Crippen molar-refractivity contribution in [1.82, 2.24) is 18.9 Å². The molecule has 210 valence electrons. The normalized spacial score (nSPS) is 12.8. The lowest BCUT2D eigenvalue weighted by Gasteiger charge is -2.14. The van der Waals surface area contributed by atoms with Crippen LogP contribution in [0.1, 0.15) is 0 Å². The summed E-state index contributed by atoms with van der Waals surface area (Å²) in [4.78, 5) is 9.52. The third kappa shape index (κ3) is 2.57. The highest BCUT2D eigenvalue weighted by Gasteiger charge is 2.28. The van der Waals surface area contributed by atoms with Crippen molar-refractivity contribution in [3.8, 4) is 28.2 Å². The van der Waals surface area contributed by atoms with Crippen LogP contribution in [0.4, 0.5) is 0 Å². The van der Waals surface area contributed by atoms with Gasteiger partial charge in [-0.3, -0.25) is 9.97 Å². The second-order valence-corrected chi connectivity index (χ2v) is 12.6. The molecule has 11 aromatic rings. The van der Waals surface area contributed by atoms with Gasteiger partial charge in [0.2, 0.25) is 0 Å². The molecule has 0 aliphatic heterocycles. The number of rotatable bonds is 1. The Morgan fingerprint density at radius 2 is 1.07 bits per heavy atom. The number of para-hydroxylation sites is 2. The van der Waals surface area contributed by atoms with E-state index in [4.69, 9.17) is 9.97 Å². The van der Waals surface area contributed by atoms with Crippen molar-refractivity contribution in [3.63, 3.8) is 0 Å². The van der Waals surface area contributed by atoms with Gasteiger partial charge in [-0.1, -0.05) is 78.9 Å². The molecule has 12 rings (SSSR count). The molecular formula is C42H22N4. The lowest BCUT2D eigenvalue weighted by Crippen LogP contribution is -1.96. The minimum atomic E-state index is 0.966. The smallest absolute Gasteiger partial charge is 0.0971 e. The Kier molecular flexibility index (Phi) is 3.96. The summed E-state index contributed by atoms with van der Waals surface area (Å²) in [7, 11) is 0. The maximum Gasteiger partial charge on any atom is 0.0971 e. The SMILES string of the molecule is c1ccc2cc3c(cc2c1)c1c2c(cc4c5ccccc5n3c41)c1ccccc1n2-c1ccc2c3c(cccc13)-c1nccnc1-2. The van der Waals surface area contributed by atoms with Crippen LogP contribution in [-0.4, -0.2) is 18.9 Å². The number of nitrogens with zero attached hydrogens (tertiary/aromatic N) is 4. The summed E-state index contributed by atoms with van der Waals surface area (Å²) in [6.45, 7) is 0. The molecule has 1 aliphatic rings. The Morgan fingerprint density at radius 1 is 0.413 bits per heavy atom. The van der Waals surface area contributed by atoms with Crippen molar-refractivity contribution in [2.75, 3.05) is 0 Å². The maximum atomic E-state index is 4.76. The van der Waals surface area contributed by atoms with Crippen molar-refractivity contribution in [2.24, 2.45) is 0 Å². The molecular weight excluding hydrogens is 560 g/mol. The van der Waals surface area contributed by atoms with E-state index in [0.717, 1.165) is 22.5 Å².